The molecular weight excluding hydrogens is 334 g/mol. The van der Waals surface area contributed by atoms with Gasteiger partial charge in [-0.15, -0.1) is 0 Å². The molecule has 6 heteroatoms. The maximum atomic E-state index is 12.2. The third-order valence-corrected chi connectivity index (χ3v) is 3.47. The predicted molar refractivity (Wildman–Crippen MR) is 98.3 cm³/mol. The molecule has 6 nitrogen and oxygen atoms in total. The summed E-state index contributed by atoms with van der Waals surface area (Å²) in [4.78, 5) is 23.7. The number of hydrogen-bond donors (Lipinski definition) is 2. The Kier molecular flexibility index (Phi) is 6.79. The van der Waals surface area contributed by atoms with E-state index in [-0.39, 0.29) is 5.70 Å². The summed E-state index contributed by atoms with van der Waals surface area (Å²) in [5, 5.41) is 11.8. The number of benzene rings is 2. The molecule has 0 heterocycles. The molecule has 0 aliphatic carbocycles. The van der Waals surface area contributed by atoms with Crippen molar-refractivity contribution in [3.8, 4) is 11.5 Å². The van der Waals surface area contributed by atoms with Crippen molar-refractivity contribution in [1.82, 2.24) is 5.32 Å². The van der Waals surface area contributed by atoms with E-state index < -0.39 is 11.9 Å². The second kappa shape index (κ2) is 9.27. The van der Waals surface area contributed by atoms with Crippen LogP contribution in [-0.4, -0.2) is 30.7 Å². The SMILES string of the molecule is CCCOc1cc(/C=C(/NC(=O)c2ccccc2)C(=O)O)ccc1OC. The fourth-order valence-electron chi connectivity index (χ4n) is 2.21. The van der Waals surface area contributed by atoms with Crippen molar-refractivity contribution < 1.29 is 24.2 Å². The van der Waals surface area contributed by atoms with Gasteiger partial charge in [-0.3, -0.25) is 4.79 Å². The molecule has 0 fully saturated rings. The highest BCUT2D eigenvalue weighted by molar-refractivity contribution is 6.02. The summed E-state index contributed by atoms with van der Waals surface area (Å²) >= 11 is 0. The number of carboxylic acid groups (broad SMARTS) is 1. The second-order valence-electron chi connectivity index (χ2n) is 5.44. The van der Waals surface area contributed by atoms with Crippen molar-refractivity contribution in [3.63, 3.8) is 0 Å². The first-order chi connectivity index (χ1) is 12.5. The zero-order valence-corrected chi connectivity index (χ0v) is 14.7. The monoisotopic (exact) mass is 355 g/mol. The van der Waals surface area contributed by atoms with Gasteiger partial charge in [0.2, 0.25) is 0 Å². The summed E-state index contributed by atoms with van der Waals surface area (Å²) in [6, 6.07) is 13.5. The van der Waals surface area contributed by atoms with Crippen LogP contribution in [0.25, 0.3) is 6.08 Å². The van der Waals surface area contributed by atoms with Gasteiger partial charge >= 0.3 is 5.97 Å². The number of carboxylic acids is 1. The minimum Gasteiger partial charge on any atom is -0.493 e. The van der Waals surface area contributed by atoms with E-state index >= 15 is 0 Å². The number of carbonyl (C=O) groups is 2. The molecule has 2 aromatic carbocycles. The first-order valence-corrected chi connectivity index (χ1v) is 8.17. The number of carbonyl (C=O) groups excluding carboxylic acids is 1. The third-order valence-electron chi connectivity index (χ3n) is 3.47. The van der Waals surface area contributed by atoms with Crippen LogP contribution in [0.15, 0.2) is 54.2 Å². The third kappa shape index (κ3) is 5.11. The van der Waals surface area contributed by atoms with Gasteiger partial charge in [0.1, 0.15) is 5.70 Å². The molecule has 0 aliphatic rings. The van der Waals surface area contributed by atoms with E-state index in [2.05, 4.69) is 5.32 Å². The van der Waals surface area contributed by atoms with Gasteiger partial charge in [0.05, 0.1) is 13.7 Å². The largest absolute Gasteiger partial charge is 0.493 e. The number of hydrogen-bond acceptors (Lipinski definition) is 4. The minimum atomic E-state index is -1.24. The maximum Gasteiger partial charge on any atom is 0.352 e. The van der Waals surface area contributed by atoms with Crippen LogP contribution in [0.3, 0.4) is 0 Å². The lowest BCUT2D eigenvalue weighted by atomic mass is 10.1. The molecule has 0 atom stereocenters. The molecule has 0 bridgehead atoms. The van der Waals surface area contributed by atoms with E-state index in [9.17, 15) is 14.7 Å². The van der Waals surface area contributed by atoms with Crippen molar-refractivity contribution in [1.29, 1.82) is 0 Å². The fourth-order valence-corrected chi connectivity index (χ4v) is 2.21. The summed E-state index contributed by atoms with van der Waals surface area (Å²) in [5.74, 6) is -0.653. The van der Waals surface area contributed by atoms with Crippen molar-refractivity contribution >= 4 is 18.0 Å². The smallest absolute Gasteiger partial charge is 0.352 e. The zero-order valence-electron chi connectivity index (χ0n) is 14.7. The number of rotatable bonds is 8. The number of amides is 1. The molecular formula is C20H21NO5. The van der Waals surface area contributed by atoms with E-state index in [1.807, 2.05) is 6.92 Å². The van der Waals surface area contributed by atoms with Gasteiger partial charge in [-0.2, -0.15) is 0 Å². The van der Waals surface area contributed by atoms with Crippen LogP contribution in [0, 0.1) is 0 Å². The lowest BCUT2D eigenvalue weighted by Crippen LogP contribution is -2.27. The summed E-state index contributed by atoms with van der Waals surface area (Å²) < 4.78 is 10.9. The van der Waals surface area contributed by atoms with Crippen molar-refractivity contribution in [2.75, 3.05) is 13.7 Å². The van der Waals surface area contributed by atoms with Gasteiger partial charge < -0.3 is 19.9 Å². The highest BCUT2D eigenvalue weighted by atomic mass is 16.5. The average Bonchev–Trinajstić information content (AvgIpc) is 2.66. The topological polar surface area (TPSA) is 84.9 Å². The van der Waals surface area contributed by atoms with Crippen molar-refractivity contribution in [3.05, 3.63) is 65.4 Å². The van der Waals surface area contributed by atoms with Crippen LogP contribution in [0.2, 0.25) is 0 Å². The lowest BCUT2D eigenvalue weighted by Gasteiger charge is -2.11. The summed E-state index contributed by atoms with van der Waals surface area (Å²) in [6.45, 7) is 2.50. The van der Waals surface area contributed by atoms with Gasteiger partial charge in [0, 0.05) is 5.56 Å². The van der Waals surface area contributed by atoms with Gasteiger partial charge in [0.25, 0.3) is 5.91 Å². The molecule has 0 aromatic heterocycles. The Balaban J connectivity index is 2.27. The molecule has 2 aromatic rings. The highest BCUT2D eigenvalue weighted by Crippen LogP contribution is 2.29. The molecule has 26 heavy (non-hydrogen) atoms. The van der Waals surface area contributed by atoms with E-state index in [0.29, 0.717) is 29.2 Å². The van der Waals surface area contributed by atoms with Gasteiger partial charge in [-0.05, 0) is 42.3 Å². The van der Waals surface area contributed by atoms with Crippen LogP contribution in [0.4, 0.5) is 0 Å². The number of methoxy groups -OCH3 is 1. The van der Waals surface area contributed by atoms with Crippen LogP contribution in [-0.2, 0) is 4.79 Å². The Morgan fingerprint density at radius 3 is 2.46 bits per heavy atom. The van der Waals surface area contributed by atoms with Crippen molar-refractivity contribution in [2.24, 2.45) is 0 Å². The molecule has 2 rings (SSSR count). The van der Waals surface area contributed by atoms with E-state index in [1.165, 1.54) is 13.2 Å². The quantitative estimate of drug-likeness (QED) is 0.710. The number of ether oxygens (including phenoxy) is 2. The normalized spacial score (nSPS) is 10.9. The first kappa shape index (κ1) is 19.1. The van der Waals surface area contributed by atoms with E-state index in [0.717, 1.165) is 6.42 Å². The number of aliphatic carboxylic acids is 1. The Labute approximate surface area is 152 Å². The summed E-state index contributed by atoms with van der Waals surface area (Å²) in [6.07, 6.45) is 2.21. The second-order valence-corrected chi connectivity index (χ2v) is 5.44. The fraction of sp³-hybridized carbons (Fsp3) is 0.200. The first-order valence-electron chi connectivity index (χ1n) is 8.17. The Morgan fingerprint density at radius 2 is 1.85 bits per heavy atom. The molecule has 136 valence electrons. The lowest BCUT2D eigenvalue weighted by molar-refractivity contribution is -0.132. The van der Waals surface area contributed by atoms with Crippen LogP contribution < -0.4 is 14.8 Å². The van der Waals surface area contributed by atoms with E-state index in [1.54, 1.807) is 48.5 Å². The molecule has 0 saturated carbocycles. The Bertz CT molecular complexity index is 799. The summed E-state index contributed by atoms with van der Waals surface area (Å²) in [7, 11) is 1.53. The van der Waals surface area contributed by atoms with Gasteiger partial charge in [-0.1, -0.05) is 31.2 Å². The van der Waals surface area contributed by atoms with Gasteiger partial charge in [0.15, 0.2) is 11.5 Å². The minimum absolute atomic E-state index is 0.231. The van der Waals surface area contributed by atoms with Crippen molar-refractivity contribution in [2.45, 2.75) is 13.3 Å². The molecule has 1 amide bonds. The molecule has 0 saturated heterocycles. The summed E-state index contributed by atoms with van der Waals surface area (Å²) in [5.41, 5.74) is 0.717. The molecule has 2 N–H and O–H groups in total. The molecule has 0 aliphatic heterocycles. The van der Waals surface area contributed by atoms with Crippen LogP contribution in [0.1, 0.15) is 29.3 Å². The average molecular weight is 355 g/mol. The van der Waals surface area contributed by atoms with E-state index in [4.69, 9.17) is 9.47 Å². The highest BCUT2D eigenvalue weighted by Gasteiger charge is 2.14. The molecule has 0 unspecified atom stereocenters. The standard InChI is InChI=1S/C20H21NO5/c1-3-11-26-18-13-14(9-10-17(18)25-2)12-16(20(23)24)21-19(22)15-7-5-4-6-8-15/h4-10,12-13H,3,11H2,1-2H3,(H,21,22)(H,23,24)/b16-12+. The number of nitrogens with one attached hydrogen (secondary N) is 1. The molecule has 0 radical (unpaired) electrons. The van der Waals surface area contributed by atoms with Crippen LogP contribution >= 0.6 is 0 Å². The Hall–Kier alpha value is -3.28. The van der Waals surface area contributed by atoms with Crippen LogP contribution in [0.5, 0.6) is 11.5 Å². The molecule has 0 spiro atoms. The predicted octanol–water partition coefficient (Wildman–Crippen LogP) is 3.34. The Morgan fingerprint density at radius 1 is 1.12 bits per heavy atom. The zero-order chi connectivity index (χ0) is 18.9. The maximum absolute atomic E-state index is 12.2. The van der Waals surface area contributed by atoms with Gasteiger partial charge in [-0.25, -0.2) is 4.79 Å².